The Kier molecular flexibility index (Phi) is 4.80. The zero-order chi connectivity index (χ0) is 21.4. The molecule has 0 fully saturated rings. The van der Waals surface area contributed by atoms with E-state index in [1.54, 1.807) is 19.2 Å². The van der Waals surface area contributed by atoms with Crippen molar-refractivity contribution in [3.8, 4) is 17.0 Å². The Bertz CT molecular complexity index is 1430. The topological polar surface area (TPSA) is 64.1 Å². The van der Waals surface area contributed by atoms with Crippen LogP contribution in [0.1, 0.15) is 10.4 Å². The SMILES string of the molecule is COc1ccc(-c2cc(C(=O)Nc3nc4ccc(F)cc4s3)c3ccccc3n2)cc1. The van der Waals surface area contributed by atoms with Gasteiger partial charge in [0.2, 0.25) is 0 Å². The molecule has 0 radical (unpaired) electrons. The van der Waals surface area contributed by atoms with Crippen LogP contribution in [0.15, 0.2) is 72.8 Å². The number of methoxy groups -OCH3 is 1. The van der Waals surface area contributed by atoms with E-state index in [0.717, 1.165) is 16.7 Å². The first-order chi connectivity index (χ1) is 15.1. The number of carbonyl (C=O) groups is 1. The smallest absolute Gasteiger partial charge is 0.258 e. The van der Waals surface area contributed by atoms with E-state index >= 15 is 0 Å². The first-order valence-corrected chi connectivity index (χ1v) is 10.3. The number of anilines is 1. The minimum Gasteiger partial charge on any atom is -0.497 e. The Morgan fingerprint density at radius 3 is 2.58 bits per heavy atom. The highest BCUT2D eigenvalue weighted by Gasteiger charge is 2.16. The van der Waals surface area contributed by atoms with Crippen LogP contribution in [-0.4, -0.2) is 23.0 Å². The fourth-order valence-electron chi connectivity index (χ4n) is 3.39. The lowest BCUT2D eigenvalue weighted by molar-refractivity contribution is 0.102. The van der Waals surface area contributed by atoms with Gasteiger partial charge >= 0.3 is 0 Å². The molecule has 0 bridgehead atoms. The lowest BCUT2D eigenvalue weighted by Crippen LogP contribution is -2.13. The van der Waals surface area contributed by atoms with Gasteiger partial charge in [-0.1, -0.05) is 29.5 Å². The zero-order valence-electron chi connectivity index (χ0n) is 16.4. The van der Waals surface area contributed by atoms with Gasteiger partial charge in [-0.2, -0.15) is 0 Å². The molecule has 0 spiro atoms. The molecule has 3 aromatic carbocycles. The molecular formula is C24H16FN3O2S. The van der Waals surface area contributed by atoms with E-state index in [2.05, 4.69) is 10.3 Å². The van der Waals surface area contributed by atoms with E-state index in [0.29, 0.717) is 32.1 Å². The van der Waals surface area contributed by atoms with Gasteiger partial charge in [-0.25, -0.2) is 14.4 Å². The number of hydrogen-bond acceptors (Lipinski definition) is 5. The molecule has 0 unspecified atom stereocenters. The third kappa shape index (κ3) is 3.71. The van der Waals surface area contributed by atoms with Gasteiger partial charge in [-0.3, -0.25) is 10.1 Å². The van der Waals surface area contributed by atoms with Crippen molar-refractivity contribution in [2.75, 3.05) is 12.4 Å². The summed E-state index contributed by atoms with van der Waals surface area (Å²) in [6.07, 6.45) is 0. The third-order valence-electron chi connectivity index (χ3n) is 4.92. The van der Waals surface area contributed by atoms with Gasteiger partial charge in [0.15, 0.2) is 5.13 Å². The van der Waals surface area contributed by atoms with Crippen molar-refractivity contribution < 1.29 is 13.9 Å². The maximum absolute atomic E-state index is 13.5. The first kappa shape index (κ1) is 19.1. The van der Waals surface area contributed by atoms with Crippen molar-refractivity contribution in [1.29, 1.82) is 0 Å². The van der Waals surface area contributed by atoms with Gasteiger partial charge in [0.1, 0.15) is 11.6 Å². The number of hydrogen-bond donors (Lipinski definition) is 1. The van der Waals surface area contributed by atoms with Crippen LogP contribution in [0.5, 0.6) is 5.75 Å². The Morgan fingerprint density at radius 2 is 1.77 bits per heavy atom. The van der Waals surface area contributed by atoms with Crippen molar-refractivity contribution in [2.24, 2.45) is 0 Å². The Balaban J connectivity index is 1.55. The maximum atomic E-state index is 13.5. The number of ether oxygens (including phenoxy) is 1. The minimum atomic E-state index is -0.335. The fourth-order valence-corrected chi connectivity index (χ4v) is 4.28. The lowest BCUT2D eigenvalue weighted by Gasteiger charge is -2.10. The highest BCUT2D eigenvalue weighted by atomic mass is 32.1. The largest absolute Gasteiger partial charge is 0.497 e. The highest BCUT2D eigenvalue weighted by molar-refractivity contribution is 7.22. The number of pyridine rings is 1. The third-order valence-corrected chi connectivity index (χ3v) is 5.85. The molecule has 2 heterocycles. The summed E-state index contributed by atoms with van der Waals surface area (Å²) in [7, 11) is 1.61. The fraction of sp³-hybridized carbons (Fsp3) is 0.0417. The van der Waals surface area contributed by atoms with Crippen LogP contribution in [0.25, 0.3) is 32.4 Å². The molecule has 2 aromatic heterocycles. The van der Waals surface area contributed by atoms with E-state index in [4.69, 9.17) is 9.72 Å². The molecule has 0 aliphatic rings. The van der Waals surface area contributed by atoms with Gasteiger partial charge in [0, 0.05) is 10.9 Å². The monoisotopic (exact) mass is 429 g/mol. The number of halogens is 1. The number of aromatic nitrogens is 2. The number of para-hydroxylation sites is 1. The van der Waals surface area contributed by atoms with E-state index < -0.39 is 0 Å². The van der Waals surface area contributed by atoms with Gasteiger partial charge in [-0.15, -0.1) is 0 Å². The molecular weight excluding hydrogens is 413 g/mol. The van der Waals surface area contributed by atoms with Gasteiger partial charge in [-0.05, 0) is 54.6 Å². The summed E-state index contributed by atoms with van der Waals surface area (Å²) in [6, 6.07) is 21.1. The summed E-state index contributed by atoms with van der Waals surface area (Å²) in [5.41, 5.74) is 3.39. The highest BCUT2D eigenvalue weighted by Crippen LogP contribution is 2.29. The van der Waals surface area contributed by atoms with Crippen LogP contribution in [0, 0.1) is 5.82 Å². The van der Waals surface area contributed by atoms with Crippen LogP contribution in [0.3, 0.4) is 0 Å². The molecule has 152 valence electrons. The van der Waals surface area contributed by atoms with Crippen LogP contribution in [0.2, 0.25) is 0 Å². The molecule has 0 aliphatic carbocycles. The molecule has 1 amide bonds. The number of fused-ring (bicyclic) bond motifs is 2. The molecule has 5 nitrogen and oxygen atoms in total. The molecule has 0 saturated carbocycles. The number of nitrogens with zero attached hydrogens (tertiary/aromatic N) is 2. The number of benzene rings is 3. The van der Waals surface area contributed by atoms with Crippen LogP contribution >= 0.6 is 11.3 Å². The predicted molar refractivity (Wildman–Crippen MR) is 121 cm³/mol. The van der Waals surface area contributed by atoms with Gasteiger partial charge in [0.05, 0.1) is 34.1 Å². The average molecular weight is 429 g/mol. The number of amides is 1. The predicted octanol–water partition coefficient (Wildman–Crippen LogP) is 5.91. The number of rotatable bonds is 4. The second kappa shape index (κ2) is 7.77. The van der Waals surface area contributed by atoms with Crippen LogP contribution < -0.4 is 10.1 Å². The second-order valence-electron chi connectivity index (χ2n) is 6.89. The summed E-state index contributed by atoms with van der Waals surface area (Å²) in [5, 5.41) is 4.01. The van der Waals surface area contributed by atoms with Crippen LogP contribution in [0.4, 0.5) is 9.52 Å². The quantitative estimate of drug-likeness (QED) is 0.386. The summed E-state index contributed by atoms with van der Waals surface area (Å²) in [5.74, 6) is 0.112. The minimum absolute atomic E-state index is 0.298. The molecule has 0 saturated heterocycles. The second-order valence-corrected chi connectivity index (χ2v) is 7.92. The van der Waals surface area contributed by atoms with Crippen LogP contribution in [-0.2, 0) is 0 Å². The normalized spacial score (nSPS) is 11.0. The number of nitrogens with one attached hydrogen (secondary N) is 1. The van der Waals surface area contributed by atoms with Gasteiger partial charge < -0.3 is 4.74 Å². The van der Waals surface area contributed by atoms with E-state index in [-0.39, 0.29) is 11.7 Å². The molecule has 5 aromatic rings. The van der Waals surface area contributed by atoms with Crippen molar-refractivity contribution in [2.45, 2.75) is 0 Å². The summed E-state index contributed by atoms with van der Waals surface area (Å²) in [4.78, 5) is 22.3. The van der Waals surface area contributed by atoms with Gasteiger partial charge in [0.25, 0.3) is 5.91 Å². The van der Waals surface area contributed by atoms with E-state index in [1.165, 1.54) is 23.5 Å². The Hall–Kier alpha value is -3.84. The number of thiazole rings is 1. The number of carbonyl (C=O) groups excluding carboxylic acids is 1. The summed E-state index contributed by atoms with van der Waals surface area (Å²) >= 11 is 1.23. The summed E-state index contributed by atoms with van der Waals surface area (Å²) in [6.45, 7) is 0. The molecule has 0 aliphatic heterocycles. The van der Waals surface area contributed by atoms with E-state index in [9.17, 15) is 9.18 Å². The van der Waals surface area contributed by atoms with Crippen molar-refractivity contribution in [1.82, 2.24) is 9.97 Å². The molecule has 7 heteroatoms. The molecule has 31 heavy (non-hydrogen) atoms. The first-order valence-electron chi connectivity index (χ1n) is 9.52. The Morgan fingerprint density at radius 1 is 0.968 bits per heavy atom. The maximum Gasteiger partial charge on any atom is 0.258 e. The van der Waals surface area contributed by atoms with Crippen molar-refractivity contribution in [3.63, 3.8) is 0 Å². The lowest BCUT2D eigenvalue weighted by atomic mass is 10.0. The van der Waals surface area contributed by atoms with Crippen molar-refractivity contribution in [3.05, 3.63) is 84.2 Å². The zero-order valence-corrected chi connectivity index (χ0v) is 17.2. The molecule has 5 rings (SSSR count). The molecule has 0 atom stereocenters. The standard InChI is InChI=1S/C24H16FN3O2S/c1-30-16-9-6-14(7-10-16)21-13-18(17-4-2-3-5-19(17)26-21)23(29)28-24-27-20-11-8-15(25)12-22(20)31-24/h2-13H,1H3,(H,27,28,29). The Labute approximate surface area is 181 Å². The van der Waals surface area contributed by atoms with Crippen molar-refractivity contribution >= 4 is 43.5 Å². The molecule has 1 N–H and O–H groups in total. The average Bonchev–Trinajstić information content (AvgIpc) is 3.19. The van der Waals surface area contributed by atoms with E-state index in [1.807, 2.05) is 48.5 Å². The summed E-state index contributed by atoms with van der Waals surface area (Å²) < 4.78 is 19.4.